The molecule has 87 heavy (non-hydrogen) atoms. The topological polar surface area (TPSA) is 379 Å². The van der Waals surface area contributed by atoms with Crippen molar-refractivity contribution < 1.29 is 4.52 Å². The lowest BCUT2D eigenvalue weighted by Crippen LogP contribution is -2.24. The Kier molecular flexibility index (Phi) is 31.2. The van der Waals surface area contributed by atoms with Crippen molar-refractivity contribution in [1.82, 2.24) is 112 Å². The number of hydrogen-bond acceptors (Lipinski definition) is 25. The van der Waals surface area contributed by atoms with Gasteiger partial charge in [-0.25, -0.2) is 19.6 Å². The lowest BCUT2D eigenvalue weighted by molar-refractivity contribution is 0.306. The number of nitrogen functional groups attached to an aromatic ring is 1. The zero-order valence-corrected chi connectivity index (χ0v) is 59.3. The quantitative estimate of drug-likeness (QED) is 0.0922. The first-order chi connectivity index (χ1) is 39.3. The van der Waals surface area contributed by atoms with Crippen LogP contribution in [0.5, 0.6) is 0 Å². The third kappa shape index (κ3) is 36.3. The maximum absolute atomic E-state index is 5.33. The Morgan fingerprint density at radius 2 is 1.26 bits per heavy atom. The lowest BCUT2D eigenvalue weighted by Gasteiger charge is -2.18. The van der Waals surface area contributed by atoms with Crippen LogP contribution < -0.4 is 16.4 Å². The van der Waals surface area contributed by atoms with E-state index < -0.39 is 0 Å². The van der Waals surface area contributed by atoms with Crippen LogP contribution in [0, 0.1) is 17.8 Å². The van der Waals surface area contributed by atoms with Gasteiger partial charge in [-0.15, -0.1) is 41.9 Å². The van der Waals surface area contributed by atoms with Crippen LogP contribution in [-0.2, 0) is 39.2 Å². The van der Waals surface area contributed by atoms with Gasteiger partial charge in [0.25, 0.3) is 5.95 Å². The number of nitrogens with one attached hydrogen (secondary N) is 2. The smallest absolute Gasteiger partial charge is 0.260 e. The van der Waals surface area contributed by atoms with Crippen molar-refractivity contribution in [2.24, 2.45) is 31.8 Å². The summed E-state index contributed by atoms with van der Waals surface area (Å²) >= 11 is 1.75. The maximum atomic E-state index is 5.33. The van der Waals surface area contributed by atoms with Crippen molar-refractivity contribution in [3.8, 4) is 0 Å². The molecule has 0 amide bonds. The minimum Gasteiger partial charge on any atom is -0.388 e. The van der Waals surface area contributed by atoms with Gasteiger partial charge in [-0.2, -0.15) is 35.4 Å². The Morgan fingerprint density at radius 1 is 0.678 bits per heavy atom. The second-order valence-corrected chi connectivity index (χ2v) is 30.4. The average molecular weight is 1230 g/mol. The summed E-state index contributed by atoms with van der Waals surface area (Å²) in [4.78, 5) is 29.5. The van der Waals surface area contributed by atoms with Gasteiger partial charge in [0.1, 0.15) is 18.5 Å². The number of aryl methyl sites for hydroxylation is 1. The highest BCUT2D eigenvalue weighted by Gasteiger charge is 2.22. The van der Waals surface area contributed by atoms with Gasteiger partial charge in [0.05, 0.1) is 46.4 Å². The van der Waals surface area contributed by atoms with Crippen LogP contribution in [0.3, 0.4) is 0 Å². The third-order valence-electron chi connectivity index (χ3n) is 10.2. The number of aliphatic imine (C=N–C) groups is 1. The number of azo groups is 1. The molecule has 8 heterocycles. The molecule has 0 aliphatic carbocycles. The van der Waals surface area contributed by atoms with E-state index in [4.69, 9.17) is 16.0 Å². The highest BCUT2D eigenvalue weighted by Crippen LogP contribution is 2.29. The lowest BCUT2D eigenvalue weighted by atomic mass is 9.87. The van der Waals surface area contributed by atoms with Crippen LogP contribution in [0.15, 0.2) is 56.0 Å². The van der Waals surface area contributed by atoms with Crippen LogP contribution in [0.4, 0.5) is 11.9 Å². The summed E-state index contributed by atoms with van der Waals surface area (Å²) in [6.07, 6.45) is 7.31. The number of H-pyrrole nitrogens is 2. The zero-order valence-electron chi connectivity index (χ0n) is 58.5. The highest BCUT2D eigenvalue weighted by molar-refractivity contribution is 7.09. The van der Waals surface area contributed by atoms with Gasteiger partial charge in [0, 0.05) is 41.6 Å². The molecule has 29 nitrogen and oxygen atoms in total. The summed E-state index contributed by atoms with van der Waals surface area (Å²) in [5.74, 6) is 4.62. The molecule has 0 atom stereocenters. The Balaban J connectivity index is 0.000000959. The number of anilines is 2. The van der Waals surface area contributed by atoms with Crippen molar-refractivity contribution in [2.45, 2.75) is 245 Å². The fraction of sp³-hybridized carbons (Fsp3) is 0.737. The molecule has 7 aromatic rings. The molecule has 0 unspecified atom stereocenters. The molecular formula is C57H108N28OS. The molecule has 6 N–H and O–H groups in total. The van der Waals surface area contributed by atoms with Crippen LogP contribution in [0.1, 0.15) is 228 Å². The fourth-order valence-corrected chi connectivity index (χ4v) is 6.70. The summed E-state index contributed by atoms with van der Waals surface area (Å²) in [7, 11) is 3.84. The first-order valence-electron chi connectivity index (χ1n) is 28.5. The molecule has 7 aromatic heterocycles. The molecule has 0 saturated carbocycles. The third-order valence-corrected chi connectivity index (χ3v) is 11.6. The number of aromatic amines is 2. The molecule has 0 spiro atoms. The molecule has 0 radical (unpaired) electrons. The number of nitrogens with two attached hydrogens (primary N) is 2. The largest absolute Gasteiger partial charge is 0.388 e. The minimum atomic E-state index is -0.134. The number of amidine groups is 1. The predicted molar refractivity (Wildman–Crippen MR) is 346 cm³/mol. The molecule has 8 rings (SSSR count). The van der Waals surface area contributed by atoms with Crippen LogP contribution in [-0.4, -0.2) is 144 Å². The summed E-state index contributed by atoms with van der Waals surface area (Å²) < 4.78 is 6.55. The first kappa shape index (κ1) is 79.5. The molecular weight excluding hydrogens is 1120 g/mol. The molecule has 488 valence electrons. The molecule has 0 saturated heterocycles. The van der Waals surface area contributed by atoms with Crippen LogP contribution >= 0.6 is 11.3 Å². The number of aromatic nitrogens is 22. The van der Waals surface area contributed by atoms with E-state index >= 15 is 0 Å². The molecule has 1 aliphatic rings. The average Bonchev–Trinajstić information content (AvgIpc) is 4.43. The zero-order chi connectivity index (χ0) is 67.6. The molecule has 0 fully saturated rings. The van der Waals surface area contributed by atoms with E-state index in [9.17, 15) is 0 Å². The number of tetrazole rings is 4. The van der Waals surface area contributed by atoms with E-state index in [0.717, 1.165) is 30.4 Å². The maximum Gasteiger partial charge on any atom is 0.260 e. The number of hydrogen-bond donors (Lipinski definition) is 4. The summed E-state index contributed by atoms with van der Waals surface area (Å²) in [5, 5.41) is 60.2. The number of nitrogens with zero attached hydrogens (tertiary/aromatic N) is 24. The minimum absolute atomic E-state index is 0.00347. The number of thiazole rings is 1. The Hall–Kier alpha value is -7.53. The van der Waals surface area contributed by atoms with E-state index in [1.54, 1.807) is 35.6 Å². The van der Waals surface area contributed by atoms with Gasteiger partial charge in [0.2, 0.25) is 11.8 Å². The van der Waals surface area contributed by atoms with E-state index in [1.807, 2.05) is 135 Å². The normalized spacial score (nSPS) is 12.7. The molecule has 0 bridgehead atoms. The first-order valence-corrected chi connectivity index (χ1v) is 29.4. The van der Waals surface area contributed by atoms with Crippen molar-refractivity contribution in [2.75, 3.05) is 31.3 Å². The van der Waals surface area contributed by atoms with E-state index in [2.05, 4.69) is 207 Å². The van der Waals surface area contributed by atoms with Crippen molar-refractivity contribution in [3.05, 3.63) is 70.2 Å². The van der Waals surface area contributed by atoms with Crippen LogP contribution in [0.25, 0.3) is 0 Å². The highest BCUT2D eigenvalue weighted by atomic mass is 32.1. The molecule has 30 heteroatoms. The van der Waals surface area contributed by atoms with Crippen molar-refractivity contribution in [3.63, 3.8) is 0 Å². The molecule has 1 aliphatic heterocycles. The fourth-order valence-electron chi connectivity index (χ4n) is 5.81. The van der Waals surface area contributed by atoms with E-state index in [1.165, 1.54) is 27.3 Å². The Labute approximate surface area is 522 Å². The number of rotatable bonds is 2. The summed E-state index contributed by atoms with van der Waals surface area (Å²) in [6, 6.07) is 0. The summed E-state index contributed by atoms with van der Waals surface area (Å²) in [6.45, 7) is 60.8. The van der Waals surface area contributed by atoms with Gasteiger partial charge in [-0.3, -0.25) is 4.99 Å². The van der Waals surface area contributed by atoms with Crippen molar-refractivity contribution in [1.29, 1.82) is 0 Å². The van der Waals surface area contributed by atoms with Gasteiger partial charge in [-0.05, 0) is 114 Å². The van der Waals surface area contributed by atoms with Gasteiger partial charge < -0.3 is 20.9 Å². The Bertz CT molecular complexity index is 2870. The molecule has 0 aromatic carbocycles. The SMILES string of the molecule is CC(C)(C)C1=CN=NC1.CC(C)(C)Cc1nn[nH]n1.CC(C)(C)c1ncno1.CC(C)(C)c1nn[nH]n1.CC(C)(C)n1cnnn1.CC(C)(C)n1nnc(N)n1.CC(N)=NC(C)(C)C.CN(C)c1ncnc(C(C)(C)C)n1.Cc1ncsc1C(C)(C)C. The second kappa shape index (κ2) is 34.1. The van der Waals surface area contributed by atoms with Gasteiger partial charge in [0.15, 0.2) is 18.0 Å². The van der Waals surface area contributed by atoms with E-state index in [-0.39, 0.29) is 55.1 Å². The predicted octanol–water partition coefficient (Wildman–Crippen LogP) is 10.6. The van der Waals surface area contributed by atoms with Crippen molar-refractivity contribution >= 4 is 29.1 Å². The van der Waals surface area contributed by atoms with Crippen LogP contribution in [0.2, 0.25) is 0 Å². The standard InChI is InChI=1S/C9H16N4.C8H13NS.C7H12N2.C6H12N4.C6H10N2O.C6H14N2.C5H11N5.2C5H10N4/c1-9(2,3)7-10-6-11-8(12-7)13(4)5;1-6-7(8(2,3)4)10-5-9-6;1-7(2,3)6-4-8-9-5-6;1-6(2,3)4-5-7-9-10-8-5;1-6(2,3)5-7-4-8-9-5;1-5(7)8-6(2,3)4;1-5(2,3)10-8-4(6)7-9-10;1-5(2,3)9-4-6-7-8-9;1-5(2,3)4-6-8-9-7-4/h6H,1-5H3;5H,1-4H3;4H,5H2,1-3H3;4H2,1-3H3,(H,7,8,9,10);4H,1-3H3;1-4H3,(H2,7,8);1-3H3,(H2,6,8);4H,1-3H3;1-3H3,(H,6,7,8,9). The summed E-state index contributed by atoms with van der Waals surface area (Å²) in [5.41, 5.74) is 15.6. The second-order valence-electron chi connectivity index (χ2n) is 29.6. The monoisotopic (exact) mass is 1230 g/mol. The van der Waals surface area contributed by atoms with E-state index in [0.29, 0.717) is 17.7 Å². The Morgan fingerprint density at radius 3 is 1.52 bits per heavy atom. The van der Waals surface area contributed by atoms with Gasteiger partial charge >= 0.3 is 0 Å². The van der Waals surface area contributed by atoms with Gasteiger partial charge in [-0.1, -0.05) is 145 Å².